The van der Waals surface area contributed by atoms with Crippen LogP contribution in [0.15, 0.2) is 55.2 Å². The lowest BCUT2D eigenvalue weighted by Crippen LogP contribution is -2.45. The van der Waals surface area contributed by atoms with E-state index in [9.17, 15) is 9.18 Å². The number of hydrogen-bond donors (Lipinski definition) is 2. The minimum Gasteiger partial charge on any atom is -0.369 e. The third-order valence-electron chi connectivity index (χ3n) is 7.93. The van der Waals surface area contributed by atoms with Crippen molar-refractivity contribution >= 4 is 28.6 Å². The molecule has 1 amide bonds. The third kappa shape index (κ3) is 6.62. The van der Waals surface area contributed by atoms with E-state index in [2.05, 4.69) is 52.3 Å². The van der Waals surface area contributed by atoms with Gasteiger partial charge in [-0.2, -0.15) is 0 Å². The number of pyridine rings is 1. The van der Waals surface area contributed by atoms with E-state index in [0.717, 1.165) is 53.7 Å². The van der Waals surface area contributed by atoms with Crippen molar-refractivity contribution < 1.29 is 9.18 Å². The Morgan fingerprint density at radius 3 is 2.57 bits per heavy atom. The van der Waals surface area contributed by atoms with Crippen LogP contribution < -0.4 is 15.5 Å². The molecule has 0 aliphatic carbocycles. The standard InChI is InChI=1S/C31H38FN9O/c1-20(24-6-5-7-25-26(30(42)33-3)8-11-34-29(24)25)15-35-28-14-27(38-19-39-28)22-16-36-31(37-17-22)40(4)23-9-12-41(13-10-23)18-21(2)32/h5-8,11,14,16-17,19-21,23H,9-10,12-13,15,18H2,1-4H3,(H,33,42)(H,35,38,39)/t20-,21?/m1/s1. The Hall–Kier alpha value is -4.25. The number of benzene rings is 1. The summed E-state index contributed by atoms with van der Waals surface area (Å²) in [6.07, 6.45) is 7.90. The van der Waals surface area contributed by atoms with E-state index in [4.69, 9.17) is 0 Å². The molecule has 3 aromatic heterocycles. The van der Waals surface area contributed by atoms with Gasteiger partial charge in [0.15, 0.2) is 0 Å². The predicted molar refractivity (Wildman–Crippen MR) is 164 cm³/mol. The van der Waals surface area contributed by atoms with Crippen LogP contribution in [0.3, 0.4) is 0 Å². The minimum absolute atomic E-state index is 0.102. The molecule has 4 heterocycles. The number of carbonyl (C=O) groups is 1. The predicted octanol–water partition coefficient (Wildman–Crippen LogP) is 4.32. The second-order valence-electron chi connectivity index (χ2n) is 10.9. The third-order valence-corrected chi connectivity index (χ3v) is 7.93. The van der Waals surface area contributed by atoms with Gasteiger partial charge in [-0.3, -0.25) is 9.78 Å². The second-order valence-corrected chi connectivity index (χ2v) is 10.9. The Kier molecular flexibility index (Phi) is 9.16. The van der Waals surface area contributed by atoms with Crippen LogP contribution in [-0.4, -0.2) is 88.2 Å². The average Bonchev–Trinajstić information content (AvgIpc) is 3.02. The average molecular weight is 572 g/mol. The summed E-state index contributed by atoms with van der Waals surface area (Å²) in [5, 5.41) is 6.95. The maximum absolute atomic E-state index is 13.4. The van der Waals surface area contributed by atoms with Gasteiger partial charge in [0.05, 0.1) is 16.8 Å². The Labute approximate surface area is 245 Å². The summed E-state index contributed by atoms with van der Waals surface area (Å²) < 4.78 is 13.4. The van der Waals surface area contributed by atoms with Crippen LogP contribution in [0.1, 0.15) is 48.5 Å². The molecule has 0 spiro atoms. The van der Waals surface area contributed by atoms with Gasteiger partial charge in [-0.15, -0.1) is 0 Å². The molecule has 1 aliphatic rings. The lowest BCUT2D eigenvalue weighted by atomic mass is 9.96. The van der Waals surface area contributed by atoms with Crippen molar-refractivity contribution in [3.05, 3.63) is 66.4 Å². The first kappa shape index (κ1) is 29.2. The molecule has 1 fully saturated rings. The summed E-state index contributed by atoms with van der Waals surface area (Å²) in [5.74, 6) is 1.33. The zero-order valence-electron chi connectivity index (χ0n) is 24.6. The number of anilines is 2. The number of carbonyl (C=O) groups excluding carboxylic acids is 1. The van der Waals surface area contributed by atoms with Gasteiger partial charge < -0.3 is 20.4 Å². The maximum atomic E-state index is 13.4. The quantitative estimate of drug-likeness (QED) is 0.287. The van der Waals surface area contributed by atoms with Crippen molar-refractivity contribution in [1.82, 2.24) is 35.1 Å². The number of nitrogens with zero attached hydrogens (tertiary/aromatic N) is 7. The number of halogens is 1. The molecule has 0 radical (unpaired) electrons. The highest BCUT2D eigenvalue weighted by atomic mass is 19.1. The molecule has 0 bridgehead atoms. The fourth-order valence-corrected chi connectivity index (χ4v) is 5.55. The monoisotopic (exact) mass is 571 g/mol. The molecule has 42 heavy (non-hydrogen) atoms. The largest absolute Gasteiger partial charge is 0.369 e. The smallest absolute Gasteiger partial charge is 0.251 e. The molecule has 10 nitrogen and oxygen atoms in total. The normalized spacial score (nSPS) is 15.7. The molecule has 0 saturated carbocycles. The number of rotatable bonds is 10. The van der Waals surface area contributed by atoms with Gasteiger partial charge in [0, 0.05) is 87.8 Å². The lowest BCUT2D eigenvalue weighted by Gasteiger charge is -2.36. The maximum Gasteiger partial charge on any atom is 0.251 e. The van der Waals surface area contributed by atoms with Crippen LogP contribution >= 0.6 is 0 Å². The molecular formula is C31H38FN9O. The first-order valence-corrected chi connectivity index (χ1v) is 14.4. The zero-order chi connectivity index (χ0) is 29.6. The molecular weight excluding hydrogens is 533 g/mol. The number of nitrogens with one attached hydrogen (secondary N) is 2. The molecule has 2 atom stereocenters. The number of likely N-dealkylation sites (tertiary alicyclic amines) is 1. The number of amides is 1. The van der Waals surface area contributed by atoms with E-state index in [1.807, 2.05) is 31.3 Å². The topological polar surface area (TPSA) is 112 Å². The van der Waals surface area contributed by atoms with Gasteiger partial charge >= 0.3 is 0 Å². The molecule has 220 valence electrons. The SMILES string of the molecule is CNC(=O)c1ccnc2c([C@H](C)CNc3cc(-c4cnc(N(C)C5CCN(CC(C)F)CC5)nc4)ncn3)cccc12. The van der Waals surface area contributed by atoms with Crippen LogP contribution in [0.25, 0.3) is 22.2 Å². The van der Waals surface area contributed by atoms with Crippen LogP contribution in [0.2, 0.25) is 0 Å². The number of piperidine rings is 1. The van der Waals surface area contributed by atoms with E-state index in [1.54, 1.807) is 38.6 Å². The number of fused-ring (bicyclic) bond motifs is 1. The first-order chi connectivity index (χ1) is 20.3. The van der Waals surface area contributed by atoms with E-state index in [1.165, 1.54) is 6.33 Å². The van der Waals surface area contributed by atoms with Crippen molar-refractivity contribution in [3.63, 3.8) is 0 Å². The summed E-state index contributed by atoms with van der Waals surface area (Å²) >= 11 is 0. The summed E-state index contributed by atoms with van der Waals surface area (Å²) in [5.41, 5.74) is 4.01. The van der Waals surface area contributed by atoms with Gasteiger partial charge in [0.2, 0.25) is 5.95 Å². The molecule has 1 saturated heterocycles. The van der Waals surface area contributed by atoms with E-state index >= 15 is 0 Å². The van der Waals surface area contributed by atoms with E-state index in [-0.39, 0.29) is 11.8 Å². The molecule has 1 aromatic carbocycles. The highest BCUT2D eigenvalue weighted by Gasteiger charge is 2.25. The van der Waals surface area contributed by atoms with Crippen molar-refractivity contribution in [2.45, 2.75) is 44.8 Å². The zero-order valence-corrected chi connectivity index (χ0v) is 24.6. The summed E-state index contributed by atoms with van der Waals surface area (Å²) in [6.45, 7) is 6.60. The van der Waals surface area contributed by atoms with Crippen molar-refractivity contribution in [2.75, 3.05) is 50.5 Å². The highest BCUT2D eigenvalue weighted by Crippen LogP contribution is 2.27. The molecule has 1 aliphatic heterocycles. The molecule has 4 aromatic rings. The van der Waals surface area contributed by atoms with Crippen molar-refractivity contribution in [2.24, 2.45) is 0 Å². The van der Waals surface area contributed by atoms with Gasteiger partial charge in [-0.1, -0.05) is 25.1 Å². The lowest BCUT2D eigenvalue weighted by molar-refractivity contribution is 0.0964. The minimum atomic E-state index is -0.803. The Morgan fingerprint density at radius 2 is 1.86 bits per heavy atom. The number of hydrogen-bond acceptors (Lipinski definition) is 9. The highest BCUT2D eigenvalue weighted by molar-refractivity contribution is 6.06. The van der Waals surface area contributed by atoms with Crippen LogP contribution in [0.5, 0.6) is 0 Å². The Balaban J connectivity index is 1.23. The van der Waals surface area contributed by atoms with E-state index in [0.29, 0.717) is 36.5 Å². The van der Waals surface area contributed by atoms with Gasteiger partial charge in [-0.25, -0.2) is 24.3 Å². The summed E-state index contributed by atoms with van der Waals surface area (Å²) in [4.78, 5) is 39.3. The second kappa shape index (κ2) is 13.2. The number of alkyl halides is 1. The fourth-order valence-electron chi connectivity index (χ4n) is 5.55. The van der Waals surface area contributed by atoms with Crippen molar-refractivity contribution in [3.8, 4) is 11.3 Å². The van der Waals surface area contributed by atoms with Gasteiger partial charge in [-0.05, 0) is 31.4 Å². The van der Waals surface area contributed by atoms with Gasteiger partial charge in [0.1, 0.15) is 18.3 Å². The molecule has 2 N–H and O–H groups in total. The van der Waals surface area contributed by atoms with Gasteiger partial charge in [0.25, 0.3) is 5.91 Å². The number of aromatic nitrogens is 5. The first-order valence-electron chi connectivity index (χ1n) is 14.4. The van der Waals surface area contributed by atoms with Crippen molar-refractivity contribution in [1.29, 1.82) is 0 Å². The molecule has 5 rings (SSSR count). The Bertz CT molecular complexity index is 1510. The van der Waals surface area contributed by atoms with Crippen LogP contribution in [0, 0.1) is 0 Å². The molecule has 11 heteroatoms. The van der Waals surface area contributed by atoms with E-state index < -0.39 is 6.17 Å². The summed E-state index contributed by atoms with van der Waals surface area (Å²) in [7, 11) is 3.65. The van der Waals surface area contributed by atoms with Crippen LogP contribution in [-0.2, 0) is 0 Å². The van der Waals surface area contributed by atoms with Crippen LogP contribution in [0.4, 0.5) is 16.2 Å². The molecule has 1 unspecified atom stereocenters. The Morgan fingerprint density at radius 1 is 1.10 bits per heavy atom. The number of para-hydroxylation sites is 1. The fraction of sp³-hybridized carbons (Fsp3) is 0.419. The summed E-state index contributed by atoms with van der Waals surface area (Å²) in [6, 6.07) is 9.89.